The third-order valence-electron chi connectivity index (χ3n) is 15.2. The quantitative estimate of drug-likeness (QED) is 0.0525. The van der Waals surface area contributed by atoms with E-state index in [1.165, 1.54) is 20.7 Å². The van der Waals surface area contributed by atoms with E-state index in [9.17, 15) is 20.9 Å². The van der Waals surface area contributed by atoms with E-state index >= 15 is 0 Å². The van der Waals surface area contributed by atoms with E-state index in [1.54, 1.807) is 42.4 Å². The average Bonchev–Trinajstić information content (AvgIpc) is 1.76. The van der Waals surface area contributed by atoms with Gasteiger partial charge in [0.25, 0.3) is 0 Å². The molecule has 91 heavy (non-hydrogen) atoms. The molecule has 0 atom stereocenters. The molecule has 0 unspecified atom stereocenters. The molecule has 3 aliphatic heterocycles. The van der Waals surface area contributed by atoms with Gasteiger partial charge in [-0.3, -0.25) is 0 Å². The standard InChI is InChI=1S/C27H26N3OS.C23H19ClN3OS.C23H20N3S.3HI/c1-4-6-16-30-24-9-7-8-10-26(24)32-27(30)21(19-28)12-11-20-15-17-29(5-2)25-18-22(31-3)13-14-23(20)25;1-26-21-9-8-18(24)14-22(21)29-23(26)17(15-25)7-6-16-10-11-27(12-13-28)20-5-3-2-4-19(16)20;1-3-26-15-14-17(19-8-4-5-9-20(19)26)12-13-18(16-24)23-25(2)21-10-6-7-11-22(21)27-23;;;/h4,7-15,17-18H,1,5-6,16H2,2-3H3;2-11,14,28H,12-13H2,1H3;4-15H,3H2,1-2H3;3*1H/q3*+1;;;/p-3. The molecule has 3 aliphatic rings. The number of nitriles is 3. The lowest BCUT2D eigenvalue weighted by atomic mass is 10.1. The molecule has 0 saturated heterocycles. The second-order valence-corrected chi connectivity index (χ2v) is 23.9. The predicted molar refractivity (Wildman–Crippen MR) is 363 cm³/mol. The summed E-state index contributed by atoms with van der Waals surface area (Å²) in [6.45, 7) is 11.4. The van der Waals surface area contributed by atoms with Crippen molar-refractivity contribution in [3.05, 3.63) is 255 Å². The van der Waals surface area contributed by atoms with Crippen LogP contribution in [0.15, 0.2) is 248 Å². The number of ether oxygens (including phenoxy) is 1. The van der Waals surface area contributed by atoms with Gasteiger partial charge in [-0.1, -0.05) is 120 Å². The lowest BCUT2D eigenvalue weighted by molar-refractivity contribution is -0.672. The molecule has 6 heterocycles. The lowest BCUT2D eigenvalue weighted by Crippen LogP contribution is -3.00. The van der Waals surface area contributed by atoms with Gasteiger partial charge in [0, 0.05) is 70.7 Å². The van der Waals surface area contributed by atoms with E-state index in [4.69, 9.17) is 16.3 Å². The molecular weight excluding hydrogens is 1550 g/mol. The maximum atomic E-state index is 10.0. The van der Waals surface area contributed by atoms with Crippen LogP contribution in [-0.4, -0.2) is 39.5 Å². The molecule has 1 N–H and O–H groups in total. The Morgan fingerprint density at radius 3 is 1.53 bits per heavy atom. The highest BCUT2D eigenvalue weighted by molar-refractivity contribution is 8.04. The maximum Gasteiger partial charge on any atom is 0.216 e. The van der Waals surface area contributed by atoms with Crippen LogP contribution >= 0.6 is 46.9 Å². The molecule has 6 aromatic carbocycles. The molecule has 12 rings (SSSR count). The number of anilines is 3. The van der Waals surface area contributed by atoms with E-state index in [0.717, 1.165) is 107 Å². The molecule has 0 aliphatic carbocycles. The topological polar surface area (TPSA) is 122 Å². The van der Waals surface area contributed by atoms with E-state index in [2.05, 4.69) is 149 Å². The highest BCUT2D eigenvalue weighted by atomic mass is 127. The van der Waals surface area contributed by atoms with Gasteiger partial charge in [-0.05, 0) is 122 Å². The van der Waals surface area contributed by atoms with Gasteiger partial charge in [0.05, 0.1) is 78.2 Å². The SMILES string of the molecule is C=CCCN1/C(=C(C#N)\C=C\c2cc[n+](CC)c3cc(OC)ccc23)Sc2ccccc21.CC[n+]1ccc(/C=C/C(C#N)=C2/Sc3ccccc3N2C)c2ccccc21.CN1/C(=C(C#N)\C=C\c2cc[n+](CCO)c3ccccc23)Sc2cc(Cl)ccc21.[I-].[I-].[I-]. The number of fused-ring (bicyclic) bond motifs is 6. The van der Waals surface area contributed by atoms with E-state index in [1.807, 2.05) is 145 Å². The molecule has 460 valence electrons. The number of allylic oxidation sites excluding steroid dienone is 6. The minimum Gasteiger partial charge on any atom is -1.00 e. The largest absolute Gasteiger partial charge is 1.00 e. The second-order valence-electron chi connectivity index (χ2n) is 20.4. The van der Waals surface area contributed by atoms with Crippen LogP contribution < -0.4 is 105 Å². The van der Waals surface area contributed by atoms with Crippen LogP contribution in [0.3, 0.4) is 0 Å². The fraction of sp³-hybridized carbons (Fsp3) is 0.151. The smallest absolute Gasteiger partial charge is 0.216 e. The molecule has 0 fully saturated rings. The van der Waals surface area contributed by atoms with Crippen LogP contribution in [-0.2, 0) is 19.6 Å². The summed E-state index contributed by atoms with van der Waals surface area (Å²) in [6, 6.07) is 58.2. The number of hydrogen-bond donors (Lipinski definition) is 1. The third kappa shape index (κ3) is 16.0. The van der Waals surface area contributed by atoms with E-state index < -0.39 is 0 Å². The highest BCUT2D eigenvalue weighted by Crippen LogP contribution is 2.49. The van der Waals surface area contributed by atoms with Gasteiger partial charge < -0.3 is 96.5 Å². The molecule has 11 nitrogen and oxygen atoms in total. The molecule has 0 radical (unpaired) electrons. The summed E-state index contributed by atoms with van der Waals surface area (Å²) in [4.78, 5) is 9.75. The Morgan fingerprint density at radius 2 is 1.00 bits per heavy atom. The highest BCUT2D eigenvalue weighted by Gasteiger charge is 2.28. The Morgan fingerprint density at radius 1 is 0.549 bits per heavy atom. The van der Waals surface area contributed by atoms with Crippen LogP contribution in [0.25, 0.3) is 50.9 Å². The van der Waals surface area contributed by atoms with Gasteiger partial charge in [-0.15, -0.1) is 6.58 Å². The fourth-order valence-electron chi connectivity index (χ4n) is 10.7. The van der Waals surface area contributed by atoms with E-state index in [-0.39, 0.29) is 78.5 Å². The number of para-hydroxylation sites is 4. The first-order valence-corrected chi connectivity index (χ1v) is 31.7. The second kappa shape index (κ2) is 34.0. The number of hydrogen-bond acceptors (Lipinski definition) is 11. The molecule has 0 spiro atoms. The first-order chi connectivity index (χ1) is 43.0. The van der Waals surface area contributed by atoms with E-state index in [0.29, 0.717) is 28.3 Å². The van der Waals surface area contributed by atoms with Crippen molar-refractivity contribution in [1.82, 2.24) is 0 Å². The number of aryl methyl sites for hydroxylation is 2. The Kier molecular flexibility index (Phi) is 26.6. The van der Waals surface area contributed by atoms with Gasteiger partial charge in [-0.25, -0.2) is 0 Å². The van der Waals surface area contributed by atoms with Gasteiger partial charge in [0.15, 0.2) is 25.1 Å². The molecular formula is C73H65ClI3N9O2S3. The summed E-state index contributed by atoms with van der Waals surface area (Å²) in [7, 11) is 5.66. The lowest BCUT2D eigenvalue weighted by Gasteiger charge is -2.20. The predicted octanol–water partition coefficient (Wildman–Crippen LogP) is 7.01. The number of methoxy groups -OCH3 is 1. The number of aromatic nitrogens is 3. The molecule has 0 amide bonds. The van der Waals surface area contributed by atoms with Gasteiger partial charge in [-0.2, -0.15) is 29.5 Å². The summed E-state index contributed by atoms with van der Waals surface area (Å²) in [5.41, 5.74) is 11.8. The van der Waals surface area contributed by atoms with Crippen molar-refractivity contribution in [1.29, 1.82) is 15.8 Å². The summed E-state index contributed by atoms with van der Waals surface area (Å²) in [5.74, 6) is 0.832. The zero-order chi connectivity index (χ0) is 61.7. The van der Waals surface area contributed by atoms with Crippen molar-refractivity contribution in [2.24, 2.45) is 0 Å². The molecule has 3 aromatic heterocycles. The summed E-state index contributed by atoms with van der Waals surface area (Å²) in [6.07, 6.45) is 20.7. The minimum atomic E-state index is 0. The van der Waals surface area contributed by atoms with Crippen molar-refractivity contribution in [2.45, 2.75) is 54.6 Å². The number of pyridine rings is 3. The van der Waals surface area contributed by atoms with Gasteiger partial charge >= 0.3 is 0 Å². The number of halogens is 4. The van der Waals surface area contributed by atoms with Crippen LogP contribution in [0.4, 0.5) is 17.1 Å². The number of rotatable bonds is 14. The number of aliphatic hydroxyl groups excluding tert-OH is 1. The molecule has 9 aromatic rings. The van der Waals surface area contributed by atoms with Crippen LogP contribution in [0.2, 0.25) is 5.02 Å². The number of benzene rings is 6. The van der Waals surface area contributed by atoms with Crippen molar-refractivity contribution < 1.29 is 95.5 Å². The van der Waals surface area contributed by atoms with Crippen LogP contribution in [0.1, 0.15) is 37.0 Å². The van der Waals surface area contributed by atoms with Crippen molar-refractivity contribution in [3.8, 4) is 24.0 Å². The monoisotopic (exact) mass is 1610 g/mol. The van der Waals surface area contributed by atoms with Crippen LogP contribution in [0, 0.1) is 34.0 Å². The third-order valence-corrected chi connectivity index (χ3v) is 19.2. The maximum absolute atomic E-state index is 10.0. The molecule has 0 bridgehead atoms. The first-order valence-electron chi connectivity index (χ1n) is 28.8. The van der Waals surface area contributed by atoms with Crippen molar-refractivity contribution in [3.63, 3.8) is 0 Å². The zero-order valence-corrected chi connectivity index (χ0v) is 60.5. The molecule has 0 saturated carbocycles. The number of aliphatic hydroxyl groups is 1. The Bertz CT molecular complexity index is 4510. The Hall–Kier alpha value is -7.11. The first kappa shape index (κ1) is 71.3. The number of thioether (sulfide) groups is 3. The van der Waals surface area contributed by atoms with Crippen LogP contribution in [0.5, 0.6) is 5.75 Å². The van der Waals surface area contributed by atoms with Gasteiger partial charge in [0.2, 0.25) is 16.6 Å². The van der Waals surface area contributed by atoms with Gasteiger partial charge in [0.1, 0.15) is 43.7 Å². The summed E-state index contributed by atoms with van der Waals surface area (Å²) < 4.78 is 11.9. The normalized spacial score (nSPS) is 14.4. The average molecular weight is 1610 g/mol. The fourth-order valence-corrected chi connectivity index (χ4v) is 14.4. The Labute approximate surface area is 602 Å². The zero-order valence-electron chi connectivity index (χ0n) is 50.8. The Balaban J connectivity index is 0.000000191. The minimum absolute atomic E-state index is 0. The number of nitrogens with zero attached hydrogens (tertiary/aromatic N) is 9. The van der Waals surface area contributed by atoms with Crippen molar-refractivity contribution in [2.75, 3.05) is 49.1 Å². The molecule has 18 heteroatoms. The summed E-state index contributed by atoms with van der Waals surface area (Å²) >= 11 is 11.0. The van der Waals surface area contributed by atoms with Crippen molar-refractivity contribution >= 4 is 115 Å². The summed E-state index contributed by atoms with van der Waals surface area (Å²) in [5, 5.41) is 45.8.